The molecule has 0 aliphatic carbocycles. The molecule has 1 fully saturated rings. The van der Waals surface area contributed by atoms with Gasteiger partial charge in [0.25, 0.3) is 0 Å². The summed E-state index contributed by atoms with van der Waals surface area (Å²) < 4.78 is 5.34. The molecular formula is C20H23N3O3. The molecule has 1 aliphatic rings. The highest BCUT2D eigenvalue weighted by atomic mass is 16.5. The van der Waals surface area contributed by atoms with Gasteiger partial charge in [-0.3, -0.25) is 9.59 Å². The number of benzene rings is 1. The first-order chi connectivity index (χ1) is 12.6. The Morgan fingerprint density at radius 1 is 1.12 bits per heavy atom. The number of carbonyl (C=O) groups is 2. The molecule has 1 aliphatic heterocycles. The Morgan fingerprint density at radius 2 is 1.88 bits per heavy atom. The Balaban J connectivity index is 1.64. The summed E-state index contributed by atoms with van der Waals surface area (Å²) in [6, 6.07) is 11.1. The maximum Gasteiger partial charge on any atom is 0.227 e. The highest BCUT2D eigenvalue weighted by Gasteiger charge is 2.23. The topological polar surface area (TPSA) is 62.7 Å². The lowest BCUT2D eigenvalue weighted by Crippen LogP contribution is -2.49. The predicted octanol–water partition coefficient (Wildman–Crippen LogP) is 2.18. The third-order valence-corrected chi connectivity index (χ3v) is 4.63. The predicted molar refractivity (Wildman–Crippen MR) is 99.7 cm³/mol. The number of amides is 1. The van der Waals surface area contributed by atoms with Crippen molar-refractivity contribution in [3.05, 3.63) is 53.7 Å². The van der Waals surface area contributed by atoms with Crippen LogP contribution in [0.1, 0.15) is 22.8 Å². The number of piperazine rings is 1. The second kappa shape index (κ2) is 7.99. The molecule has 0 unspecified atom stereocenters. The van der Waals surface area contributed by atoms with Crippen molar-refractivity contribution < 1.29 is 14.3 Å². The summed E-state index contributed by atoms with van der Waals surface area (Å²) in [6.45, 7) is 4.35. The zero-order chi connectivity index (χ0) is 18.5. The summed E-state index contributed by atoms with van der Waals surface area (Å²) in [5, 5.41) is 0. The van der Waals surface area contributed by atoms with Crippen molar-refractivity contribution >= 4 is 17.5 Å². The standard InChI is InChI=1S/C20H23N3O3/c1-15(24)16-6-7-18(26-2)17(13-16)14-20(25)23-11-9-22(10-12-23)19-5-3-4-8-21-19/h3-8,13H,9-12,14H2,1-2H3. The van der Waals surface area contributed by atoms with E-state index in [1.807, 2.05) is 23.1 Å². The Hall–Kier alpha value is -2.89. The Labute approximate surface area is 153 Å². The normalized spacial score (nSPS) is 14.2. The van der Waals surface area contributed by atoms with Crippen molar-refractivity contribution in [2.75, 3.05) is 38.2 Å². The minimum atomic E-state index is -0.0228. The number of nitrogens with zero attached hydrogens (tertiary/aromatic N) is 3. The van der Waals surface area contributed by atoms with Crippen LogP contribution in [-0.4, -0.2) is 54.9 Å². The molecule has 1 aromatic heterocycles. The van der Waals surface area contributed by atoms with Crippen LogP contribution in [0, 0.1) is 0 Å². The lowest BCUT2D eigenvalue weighted by molar-refractivity contribution is -0.130. The molecule has 26 heavy (non-hydrogen) atoms. The van der Waals surface area contributed by atoms with Gasteiger partial charge in [0.2, 0.25) is 5.91 Å². The van der Waals surface area contributed by atoms with Gasteiger partial charge in [-0.05, 0) is 37.3 Å². The van der Waals surface area contributed by atoms with Crippen molar-refractivity contribution in [2.24, 2.45) is 0 Å². The second-order valence-corrected chi connectivity index (χ2v) is 6.32. The maximum absolute atomic E-state index is 12.7. The van der Waals surface area contributed by atoms with E-state index in [1.165, 1.54) is 6.92 Å². The van der Waals surface area contributed by atoms with Crippen LogP contribution < -0.4 is 9.64 Å². The van der Waals surface area contributed by atoms with Crippen molar-refractivity contribution in [3.8, 4) is 5.75 Å². The first-order valence-electron chi connectivity index (χ1n) is 8.70. The summed E-state index contributed by atoms with van der Waals surface area (Å²) in [6.07, 6.45) is 2.01. The van der Waals surface area contributed by atoms with E-state index >= 15 is 0 Å². The molecule has 0 radical (unpaired) electrons. The zero-order valence-electron chi connectivity index (χ0n) is 15.1. The molecule has 2 aromatic rings. The van der Waals surface area contributed by atoms with Crippen molar-refractivity contribution in [3.63, 3.8) is 0 Å². The Morgan fingerprint density at radius 3 is 2.50 bits per heavy atom. The van der Waals surface area contributed by atoms with Gasteiger partial charge in [0.15, 0.2) is 5.78 Å². The second-order valence-electron chi connectivity index (χ2n) is 6.32. The van der Waals surface area contributed by atoms with Gasteiger partial charge >= 0.3 is 0 Å². The van der Waals surface area contributed by atoms with Crippen molar-refractivity contribution in [1.29, 1.82) is 0 Å². The molecule has 2 heterocycles. The molecule has 0 spiro atoms. The van der Waals surface area contributed by atoms with Gasteiger partial charge in [0.05, 0.1) is 13.5 Å². The number of pyridine rings is 1. The van der Waals surface area contributed by atoms with Crippen LogP contribution in [0.3, 0.4) is 0 Å². The zero-order valence-corrected chi connectivity index (χ0v) is 15.1. The van der Waals surface area contributed by atoms with E-state index in [4.69, 9.17) is 4.74 Å². The number of anilines is 1. The third-order valence-electron chi connectivity index (χ3n) is 4.63. The molecule has 6 nitrogen and oxygen atoms in total. The SMILES string of the molecule is COc1ccc(C(C)=O)cc1CC(=O)N1CCN(c2ccccn2)CC1. The highest BCUT2D eigenvalue weighted by Crippen LogP contribution is 2.22. The highest BCUT2D eigenvalue weighted by molar-refractivity contribution is 5.94. The fourth-order valence-electron chi connectivity index (χ4n) is 3.14. The van der Waals surface area contributed by atoms with Crippen LogP contribution >= 0.6 is 0 Å². The van der Waals surface area contributed by atoms with Gasteiger partial charge in [-0.2, -0.15) is 0 Å². The van der Waals surface area contributed by atoms with E-state index in [9.17, 15) is 9.59 Å². The summed E-state index contributed by atoms with van der Waals surface area (Å²) in [7, 11) is 1.57. The van der Waals surface area contributed by atoms with Crippen LogP contribution in [-0.2, 0) is 11.2 Å². The van der Waals surface area contributed by atoms with E-state index in [1.54, 1.807) is 31.5 Å². The minimum absolute atomic E-state index is 0.0228. The third kappa shape index (κ3) is 4.02. The van der Waals surface area contributed by atoms with E-state index in [2.05, 4.69) is 9.88 Å². The number of ketones is 1. The van der Waals surface area contributed by atoms with Crippen LogP contribution in [0.15, 0.2) is 42.6 Å². The number of ether oxygens (including phenoxy) is 1. The molecule has 0 atom stereocenters. The first-order valence-corrected chi connectivity index (χ1v) is 8.70. The summed E-state index contributed by atoms with van der Waals surface area (Å²) in [5.41, 5.74) is 1.34. The minimum Gasteiger partial charge on any atom is -0.496 e. The average Bonchev–Trinajstić information content (AvgIpc) is 2.68. The van der Waals surface area contributed by atoms with Gasteiger partial charge in [0, 0.05) is 43.5 Å². The smallest absolute Gasteiger partial charge is 0.227 e. The van der Waals surface area contributed by atoms with Gasteiger partial charge in [-0.15, -0.1) is 0 Å². The van der Waals surface area contributed by atoms with E-state index in [0.29, 0.717) is 24.4 Å². The van der Waals surface area contributed by atoms with E-state index in [0.717, 1.165) is 24.5 Å². The number of aromatic nitrogens is 1. The lowest BCUT2D eigenvalue weighted by atomic mass is 10.0. The van der Waals surface area contributed by atoms with Crippen molar-refractivity contribution in [1.82, 2.24) is 9.88 Å². The Kier molecular flexibility index (Phi) is 5.51. The first kappa shape index (κ1) is 17.9. The quantitative estimate of drug-likeness (QED) is 0.771. The number of hydrogen-bond donors (Lipinski definition) is 0. The van der Waals surface area contributed by atoms with Gasteiger partial charge in [0.1, 0.15) is 11.6 Å². The maximum atomic E-state index is 12.7. The number of hydrogen-bond acceptors (Lipinski definition) is 5. The summed E-state index contributed by atoms with van der Waals surface area (Å²) in [5.74, 6) is 1.60. The largest absolute Gasteiger partial charge is 0.496 e. The van der Waals surface area contributed by atoms with Gasteiger partial charge < -0.3 is 14.5 Å². The molecule has 0 N–H and O–H groups in total. The molecule has 1 aromatic carbocycles. The molecule has 3 rings (SSSR count). The molecule has 0 bridgehead atoms. The van der Waals surface area contributed by atoms with Crippen LogP contribution in [0.25, 0.3) is 0 Å². The molecule has 1 amide bonds. The lowest BCUT2D eigenvalue weighted by Gasteiger charge is -2.35. The van der Waals surface area contributed by atoms with E-state index < -0.39 is 0 Å². The number of rotatable bonds is 5. The number of carbonyl (C=O) groups excluding carboxylic acids is 2. The average molecular weight is 353 g/mol. The van der Waals surface area contributed by atoms with Gasteiger partial charge in [-0.25, -0.2) is 4.98 Å². The van der Waals surface area contributed by atoms with Crippen molar-refractivity contribution in [2.45, 2.75) is 13.3 Å². The Bertz CT molecular complexity index is 784. The van der Waals surface area contributed by atoms with Crippen LogP contribution in [0.4, 0.5) is 5.82 Å². The number of Topliss-reactive ketones (excluding diaryl/α,β-unsaturated/α-hetero) is 1. The molecular weight excluding hydrogens is 330 g/mol. The fraction of sp³-hybridized carbons (Fsp3) is 0.350. The monoisotopic (exact) mass is 353 g/mol. The molecule has 1 saturated heterocycles. The summed E-state index contributed by atoms with van der Waals surface area (Å²) in [4.78, 5) is 32.7. The molecule has 136 valence electrons. The fourth-order valence-corrected chi connectivity index (χ4v) is 3.14. The van der Waals surface area contributed by atoms with Gasteiger partial charge in [-0.1, -0.05) is 6.07 Å². The van der Waals surface area contributed by atoms with E-state index in [-0.39, 0.29) is 18.1 Å². The summed E-state index contributed by atoms with van der Waals surface area (Å²) >= 11 is 0. The molecule has 0 saturated carbocycles. The molecule has 6 heteroatoms. The van der Waals surface area contributed by atoms with Crippen LogP contribution in [0.5, 0.6) is 5.75 Å². The van der Waals surface area contributed by atoms with Crippen LogP contribution in [0.2, 0.25) is 0 Å². The number of methoxy groups -OCH3 is 1.